The Kier molecular flexibility index (Phi) is 6.33. The second-order valence-electron chi connectivity index (χ2n) is 4.76. The molecule has 19 heavy (non-hydrogen) atoms. The molecule has 0 radical (unpaired) electrons. The molecule has 1 atom stereocenters. The molecule has 1 rings (SSSR count). The predicted molar refractivity (Wildman–Crippen MR) is 75.2 cm³/mol. The molecular formula is C15H22FNO2. The summed E-state index contributed by atoms with van der Waals surface area (Å²) in [6.07, 6.45) is 4.45. The summed E-state index contributed by atoms with van der Waals surface area (Å²) in [5.41, 5.74) is 0.0929. The number of unbranched alkanes of at least 4 members (excludes halogenated alkanes) is 1. The number of nitrogens with one attached hydrogen (secondary N) is 1. The normalized spacial score (nSPS) is 12.2. The molecular weight excluding hydrogens is 245 g/mol. The van der Waals surface area contributed by atoms with Gasteiger partial charge in [-0.15, -0.1) is 0 Å². The average molecular weight is 267 g/mol. The van der Waals surface area contributed by atoms with Crippen molar-refractivity contribution in [3.63, 3.8) is 0 Å². The van der Waals surface area contributed by atoms with Gasteiger partial charge in [0.15, 0.2) is 0 Å². The minimum absolute atomic E-state index is 0.271. The second kappa shape index (κ2) is 7.77. The molecule has 0 aliphatic rings. The van der Waals surface area contributed by atoms with Gasteiger partial charge in [0.1, 0.15) is 11.4 Å². The topological polar surface area (TPSA) is 49.3 Å². The Balaban J connectivity index is 2.71. The summed E-state index contributed by atoms with van der Waals surface area (Å²) < 4.78 is 13.5. The molecule has 0 spiro atoms. The third-order valence-electron chi connectivity index (χ3n) is 3.35. The van der Waals surface area contributed by atoms with E-state index in [0.29, 0.717) is 18.2 Å². The molecule has 0 aromatic heterocycles. The molecule has 0 aliphatic carbocycles. The molecule has 4 heteroatoms. The second-order valence-corrected chi connectivity index (χ2v) is 4.76. The van der Waals surface area contributed by atoms with Crippen LogP contribution in [0.5, 0.6) is 0 Å². The van der Waals surface area contributed by atoms with E-state index in [0.717, 1.165) is 25.7 Å². The van der Waals surface area contributed by atoms with Crippen molar-refractivity contribution in [3.8, 4) is 0 Å². The van der Waals surface area contributed by atoms with Gasteiger partial charge in [0.25, 0.3) is 0 Å². The van der Waals surface area contributed by atoms with E-state index in [1.165, 1.54) is 12.1 Å². The summed E-state index contributed by atoms with van der Waals surface area (Å²) in [5.74, 6) is -1.44. The fraction of sp³-hybridized carbons (Fsp3) is 0.533. The summed E-state index contributed by atoms with van der Waals surface area (Å²) in [6, 6.07) is 4.30. The number of carbonyl (C=O) groups is 1. The van der Waals surface area contributed by atoms with Crippen LogP contribution in [0.2, 0.25) is 0 Å². The first kappa shape index (κ1) is 15.5. The first-order valence-corrected chi connectivity index (χ1v) is 6.85. The number of benzene rings is 1. The van der Waals surface area contributed by atoms with Crippen molar-refractivity contribution in [2.24, 2.45) is 5.92 Å². The van der Waals surface area contributed by atoms with Crippen molar-refractivity contribution in [1.29, 1.82) is 0 Å². The molecule has 106 valence electrons. The van der Waals surface area contributed by atoms with E-state index in [9.17, 15) is 9.18 Å². The van der Waals surface area contributed by atoms with Crippen LogP contribution in [-0.2, 0) is 0 Å². The molecule has 0 bridgehead atoms. The summed E-state index contributed by atoms with van der Waals surface area (Å²) in [7, 11) is 0. The van der Waals surface area contributed by atoms with Crippen molar-refractivity contribution in [2.45, 2.75) is 39.5 Å². The molecule has 3 nitrogen and oxygen atoms in total. The fourth-order valence-corrected chi connectivity index (χ4v) is 2.09. The van der Waals surface area contributed by atoms with Gasteiger partial charge in [0.05, 0.1) is 5.69 Å². The number of halogens is 1. The van der Waals surface area contributed by atoms with Crippen LogP contribution in [-0.4, -0.2) is 17.6 Å². The highest BCUT2D eigenvalue weighted by atomic mass is 19.1. The number of hydrogen-bond donors (Lipinski definition) is 2. The van der Waals surface area contributed by atoms with E-state index in [4.69, 9.17) is 5.11 Å². The Morgan fingerprint density at radius 3 is 2.74 bits per heavy atom. The van der Waals surface area contributed by atoms with Crippen LogP contribution in [0.4, 0.5) is 10.1 Å². The third kappa shape index (κ3) is 4.54. The molecule has 0 amide bonds. The highest BCUT2D eigenvalue weighted by molar-refractivity contribution is 5.94. The van der Waals surface area contributed by atoms with Gasteiger partial charge in [-0.05, 0) is 24.5 Å². The van der Waals surface area contributed by atoms with E-state index in [1.54, 1.807) is 6.07 Å². The molecule has 0 saturated heterocycles. The molecule has 0 aliphatic heterocycles. The standard InChI is InChI=1S/C15H22FNO2/c1-3-5-7-11(4-2)10-17-13-9-6-8-12(16)14(13)15(18)19/h6,8-9,11,17H,3-5,7,10H2,1-2H3,(H,18,19). The lowest BCUT2D eigenvalue weighted by Gasteiger charge is -2.17. The van der Waals surface area contributed by atoms with Crippen molar-refractivity contribution in [2.75, 3.05) is 11.9 Å². The number of aromatic carboxylic acids is 1. The predicted octanol–water partition coefficient (Wildman–Crippen LogP) is 4.15. The minimum atomic E-state index is -1.23. The number of carboxylic acid groups (broad SMARTS) is 1. The zero-order valence-electron chi connectivity index (χ0n) is 11.6. The Morgan fingerprint density at radius 1 is 1.42 bits per heavy atom. The van der Waals surface area contributed by atoms with E-state index in [-0.39, 0.29) is 5.56 Å². The molecule has 1 aromatic carbocycles. The lowest BCUT2D eigenvalue weighted by atomic mass is 9.99. The molecule has 2 N–H and O–H groups in total. The van der Waals surface area contributed by atoms with Crippen LogP contribution in [0.3, 0.4) is 0 Å². The molecule has 1 unspecified atom stereocenters. The van der Waals surface area contributed by atoms with Gasteiger partial charge < -0.3 is 10.4 Å². The lowest BCUT2D eigenvalue weighted by Crippen LogP contribution is -2.16. The molecule has 0 saturated carbocycles. The number of rotatable bonds is 8. The average Bonchev–Trinajstić information content (AvgIpc) is 2.38. The van der Waals surface area contributed by atoms with Gasteiger partial charge in [0.2, 0.25) is 0 Å². The van der Waals surface area contributed by atoms with Crippen LogP contribution in [0.15, 0.2) is 18.2 Å². The number of carboxylic acids is 1. The number of hydrogen-bond acceptors (Lipinski definition) is 2. The van der Waals surface area contributed by atoms with Crippen molar-refractivity contribution in [3.05, 3.63) is 29.6 Å². The Morgan fingerprint density at radius 2 is 2.16 bits per heavy atom. The van der Waals surface area contributed by atoms with Crippen LogP contribution >= 0.6 is 0 Å². The van der Waals surface area contributed by atoms with Crippen molar-refractivity contribution in [1.82, 2.24) is 0 Å². The van der Waals surface area contributed by atoms with Crippen LogP contribution in [0.1, 0.15) is 49.9 Å². The molecule has 0 heterocycles. The highest BCUT2D eigenvalue weighted by Crippen LogP contribution is 2.21. The smallest absolute Gasteiger partial charge is 0.340 e. The molecule has 0 fully saturated rings. The van der Waals surface area contributed by atoms with Crippen LogP contribution in [0.25, 0.3) is 0 Å². The van der Waals surface area contributed by atoms with E-state index >= 15 is 0 Å². The Bertz CT molecular complexity index is 421. The SMILES string of the molecule is CCCCC(CC)CNc1cccc(F)c1C(=O)O. The third-order valence-corrected chi connectivity index (χ3v) is 3.35. The van der Waals surface area contributed by atoms with Gasteiger partial charge in [0, 0.05) is 6.54 Å². The zero-order chi connectivity index (χ0) is 14.3. The van der Waals surface area contributed by atoms with E-state index < -0.39 is 11.8 Å². The van der Waals surface area contributed by atoms with Gasteiger partial charge in [-0.2, -0.15) is 0 Å². The maximum atomic E-state index is 13.5. The fourth-order valence-electron chi connectivity index (χ4n) is 2.09. The zero-order valence-corrected chi connectivity index (χ0v) is 11.6. The molecule has 1 aromatic rings. The summed E-state index contributed by atoms with van der Waals surface area (Å²) >= 11 is 0. The highest BCUT2D eigenvalue weighted by Gasteiger charge is 2.16. The summed E-state index contributed by atoms with van der Waals surface area (Å²) in [5, 5.41) is 12.1. The Labute approximate surface area is 113 Å². The van der Waals surface area contributed by atoms with Gasteiger partial charge in [-0.3, -0.25) is 0 Å². The van der Waals surface area contributed by atoms with Crippen LogP contribution in [0, 0.1) is 11.7 Å². The first-order chi connectivity index (χ1) is 9.10. The van der Waals surface area contributed by atoms with Crippen molar-refractivity contribution < 1.29 is 14.3 Å². The number of anilines is 1. The van der Waals surface area contributed by atoms with Gasteiger partial charge in [-0.25, -0.2) is 9.18 Å². The first-order valence-electron chi connectivity index (χ1n) is 6.85. The summed E-state index contributed by atoms with van der Waals surface area (Å²) in [6.45, 7) is 4.95. The van der Waals surface area contributed by atoms with E-state index in [2.05, 4.69) is 19.2 Å². The van der Waals surface area contributed by atoms with Gasteiger partial charge >= 0.3 is 5.97 Å². The van der Waals surface area contributed by atoms with Crippen LogP contribution < -0.4 is 5.32 Å². The Hall–Kier alpha value is -1.58. The monoisotopic (exact) mass is 267 g/mol. The van der Waals surface area contributed by atoms with E-state index in [1.807, 2.05) is 0 Å². The quantitative estimate of drug-likeness (QED) is 0.743. The lowest BCUT2D eigenvalue weighted by molar-refractivity contribution is 0.0693. The maximum absolute atomic E-state index is 13.5. The summed E-state index contributed by atoms with van der Waals surface area (Å²) in [4.78, 5) is 11.0. The largest absolute Gasteiger partial charge is 0.478 e. The van der Waals surface area contributed by atoms with Gasteiger partial charge in [-0.1, -0.05) is 39.2 Å². The maximum Gasteiger partial charge on any atom is 0.340 e. The minimum Gasteiger partial charge on any atom is -0.478 e. The van der Waals surface area contributed by atoms with Crippen molar-refractivity contribution >= 4 is 11.7 Å².